The lowest BCUT2D eigenvalue weighted by molar-refractivity contribution is 0.214. The number of amidine groups is 1. The van der Waals surface area contributed by atoms with Gasteiger partial charge in [0, 0.05) is 31.9 Å². The molecule has 3 aromatic carbocycles. The standard InChI is InChI=1S/C27H27FN4O3/c1-18-7-9-23-25(15-18)35-24-10-8-21(34-2)17-22(24)26(30-23)31-11-4-12-32(14-13-31)27(33)29-20-6-3-5-19(28)16-20/h3,5-10,15-17H,4,11-14H2,1-2H3,(H,29,33). The Balaban J connectivity index is 1.41. The minimum absolute atomic E-state index is 0.244. The van der Waals surface area contributed by atoms with Gasteiger partial charge < -0.3 is 24.6 Å². The molecule has 7 nitrogen and oxygen atoms in total. The minimum atomic E-state index is -0.386. The summed E-state index contributed by atoms with van der Waals surface area (Å²) in [6, 6.07) is 17.3. The quantitative estimate of drug-likeness (QED) is 0.528. The Bertz CT molecular complexity index is 1290. The van der Waals surface area contributed by atoms with Crippen LogP contribution in [-0.4, -0.2) is 55.0 Å². The molecule has 0 aromatic heterocycles. The van der Waals surface area contributed by atoms with Crippen LogP contribution in [0.15, 0.2) is 65.7 Å². The molecular weight excluding hydrogens is 447 g/mol. The van der Waals surface area contributed by atoms with E-state index >= 15 is 0 Å². The van der Waals surface area contributed by atoms with E-state index < -0.39 is 0 Å². The van der Waals surface area contributed by atoms with E-state index in [4.69, 9.17) is 14.5 Å². The highest BCUT2D eigenvalue weighted by Gasteiger charge is 2.27. The molecule has 0 unspecified atom stereocenters. The Morgan fingerprint density at radius 1 is 1.03 bits per heavy atom. The predicted molar refractivity (Wildman–Crippen MR) is 134 cm³/mol. The van der Waals surface area contributed by atoms with Crippen molar-refractivity contribution in [3.63, 3.8) is 0 Å². The van der Waals surface area contributed by atoms with Crippen LogP contribution in [-0.2, 0) is 0 Å². The van der Waals surface area contributed by atoms with Crippen LogP contribution < -0.4 is 14.8 Å². The molecule has 8 heteroatoms. The maximum atomic E-state index is 13.5. The van der Waals surface area contributed by atoms with Crippen LogP contribution in [0.25, 0.3) is 0 Å². The van der Waals surface area contributed by atoms with Crippen molar-refractivity contribution in [3.05, 3.63) is 77.6 Å². The lowest BCUT2D eigenvalue weighted by atomic mass is 10.1. The monoisotopic (exact) mass is 474 g/mol. The number of hydrogen-bond acceptors (Lipinski definition) is 5. The zero-order valence-corrected chi connectivity index (χ0v) is 19.8. The molecule has 0 saturated carbocycles. The number of aryl methyl sites for hydroxylation is 1. The molecule has 1 N–H and O–H groups in total. The van der Waals surface area contributed by atoms with Gasteiger partial charge in [0.25, 0.3) is 0 Å². The fourth-order valence-electron chi connectivity index (χ4n) is 4.33. The van der Waals surface area contributed by atoms with E-state index in [2.05, 4.69) is 10.2 Å². The first kappa shape index (κ1) is 22.7. The van der Waals surface area contributed by atoms with E-state index in [-0.39, 0.29) is 11.8 Å². The third-order valence-corrected chi connectivity index (χ3v) is 6.15. The number of nitrogens with one attached hydrogen (secondary N) is 1. The molecule has 2 aliphatic rings. The number of ether oxygens (including phenoxy) is 2. The first-order valence-corrected chi connectivity index (χ1v) is 11.6. The van der Waals surface area contributed by atoms with Gasteiger partial charge in [-0.05, 0) is 67.4 Å². The number of benzene rings is 3. The average molecular weight is 475 g/mol. The van der Waals surface area contributed by atoms with Gasteiger partial charge in [0.15, 0.2) is 5.75 Å². The predicted octanol–water partition coefficient (Wildman–Crippen LogP) is 5.57. The summed E-state index contributed by atoms with van der Waals surface area (Å²) < 4.78 is 25.3. The lowest BCUT2D eigenvalue weighted by Gasteiger charge is -2.25. The van der Waals surface area contributed by atoms with Crippen molar-refractivity contribution < 1.29 is 18.7 Å². The Labute approximate surface area is 203 Å². The van der Waals surface area contributed by atoms with Crippen molar-refractivity contribution in [2.75, 3.05) is 38.6 Å². The molecule has 2 aliphatic heterocycles. The van der Waals surface area contributed by atoms with Gasteiger partial charge in [-0.15, -0.1) is 0 Å². The fourth-order valence-corrected chi connectivity index (χ4v) is 4.33. The number of fused-ring (bicyclic) bond motifs is 2. The summed E-state index contributed by atoms with van der Waals surface area (Å²) in [4.78, 5) is 21.8. The number of carbonyl (C=O) groups is 1. The zero-order chi connectivity index (χ0) is 24.4. The molecule has 2 heterocycles. The minimum Gasteiger partial charge on any atom is -0.497 e. The van der Waals surface area contributed by atoms with E-state index in [1.165, 1.54) is 12.1 Å². The molecule has 0 bridgehead atoms. The van der Waals surface area contributed by atoms with Gasteiger partial charge in [-0.3, -0.25) is 0 Å². The summed E-state index contributed by atoms with van der Waals surface area (Å²) in [5.41, 5.74) is 3.13. The molecule has 1 fully saturated rings. The summed E-state index contributed by atoms with van der Waals surface area (Å²) >= 11 is 0. The van der Waals surface area contributed by atoms with Crippen LogP contribution in [0.2, 0.25) is 0 Å². The van der Waals surface area contributed by atoms with Crippen LogP contribution in [0, 0.1) is 12.7 Å². The van der Waals surface area contributed by atoms with Gasteiger partial charge in [-0.2, -0.15) is 0 Å². The van der Waals surface area contributed by atoms with E-state index in [0.717, 1.165) is 35.6 Å². The van der Waals surface area contributed by atoms with Crippen LogP contribution in [0.1, 0.15) is 17.5 Å². The topological polar surface area (TPSA) is 66.4 Å². The van der Waals surface area contributed by atoms with E-state index in [1.807, 2.05) is 43.3 Å². The summed E-state index contributed by atoms with van der Waals surface area (Å²) in [5, 5.41) is 2.80. The second kappa shape index (κ2) is 9.66. The number of hydrogen-bond donors (Lipinski definition) is 1. The molecule has 3 aromatic rings. The number of amides is 2. The molecule has 35 heavy (non-hydrogen) atoms. The highest BCUT2D eigenvalue weighted by molar-refractivity contribution is 6.04. The van der Waals surface area contributed by atoms with Gasteiger partial charge in [-0.25, -0.2) is 14.2 Å². The molecular formula is C27H27FN4O3. The number of methoxy groups -OCH3 is 1. The van der Waals surface area contributed by atoms with E-state index in [9.17, 15) is 9.18 Å². The molecule has 0 aliphatic carbocycles. The number of urea groups is 1. The summed E-state index contributed by atoms with van der Waals surface area (Å²) in [5.74, 6) is 2.53. The molecule has 0 radical (unpaired) electrons. The number of halogens is 1. The number of anilines is 1. The number of nitrogens with zero attached hydrogens (tertiary/aromatic N) is 3. The van der Waals surface area contributed by atoms with Crippen LogP contribution in [0.5, 0.6) is 17.2 Å². The number of carbonyl (C=O) groups excluding carboxylic acids is 1. The largest absolute Gasteiger partial charge is 0.497 e. The van der Waals surface area contributed by atoms with Crippen LogP contribution in [0.4, 0.5) is 20.6 Å². The first-order chi connectivity index (χ1) is 17.0. The van der Waals surface area contributed by atoms with Gasteiger partial charge >= 0.3 is 6.03 Å². The van der Waals surface area contributed by atoms with Crippen molar-refractivity contribution >= 4 is 23.2 Å². The second-order valence-electron chi connectivity index (χ2n) is 8.64. The van der Waals surface area contributed by atoms with Crippen molar-refractivity contribution in [2.24, 2.45) is 4.99 Å². The SMILES string of the molecule is COc1ccc2c(c1)C(N1CCCN(C(=O)Nc3cccc(F)c3)CC1)=Nc1ccc(C)cc1O2. The van der Waals surface area contributed by atoms with Gasteiger partial charge in [0.2, 0.25) is 0 Å². The van der Waals surface area contributed by atoms with E-state index in [0.29, 0.717) is 42.6 Å². The smallest absolute Gasteiger partial charge is 0.321 e. The molecule has 5 rings (SSSR count). The fraction of sp³-hybridized carbons (Fsp3) is 0.259. The molecule has 180 valence electrons. The van der Waals surface area contributed by atoms with Crippen LogP contribution >= 0.6 is 0 Å². The number of rotatable bonds is 2. The maximum Gasteiger partial charge on any atom is 0.321 e. The van der Waals surface area contributed by atoms with Crippen molar-refractivity contribution in [2.45, 2.75) is 13.3 Å². The Kier molecular flexibility index (Phi) is 6.27. The molecule has 2 amide bonds. The summed E-state index contributed by atoms with van der Waals surface area (Å²) in [7, 11) is 1.63. The molecule has 0 atom stereocenters. The van der Waals surface area contributed by atoms with Gasteiger partial charge in [-0.1, -0.05) is 12.1 Å². The zero-order valence-electron chi connectivity index (χ0n) is 19.8. The van der Waals surface area contributed by atoms with E-state index in [1.54, 1.807) is 24.1 Å². The Hall–Kier alpha value is -4.07. The Morgan fingerprint density at radius 2 is 1.91 bits per heavy atom. The maximum absolute atomic E-state index is 13.5. The van der Waals surface area contributed by atoms with Crippen molar-refractivity contribution in [3.8, 4) is 17.2 Å². The average Bonchev–Trinajstić information content (AvgIpc) is 3.18. The highest BCUT2D eigenvalue weighted by atomic mass is 19.1. The Morgan fingerprint density at radius 3 is 2.74 bits per heavy atom. The lowest BCUT2D eigenvalue weighted by Crippen LogP contribution is -2.39. The van der Waals surface area contributed by atoms with Crippen molar-refractivity contribution in [1.29, 1.82) is 0 Å². The second-order valence-corrected chi connectivity index (χ2v) is 8.64. The third-order valence-electron chi connectivity index (χ3n) is 6.15. The van der Waals surface area contributed by atoms with Gasteiger partial charge in [0.1, 0.15) is 28.8 Å². The first-order valence-electron chi connectivity index (χ1n) is 11.6. The normalized spacial score (nSPS) is 15.1. The highest BCUT2D eigenvalue weighted by Crippen LogP contribution is 2.40. The number of aliphatic imine (C=N–C) groups is 1. The molecule has 0 spiro atoms. The molecule has 1 saturated heterocycles. The summed E-state index contributed by atoms with van der Waals surface area (Å²) in [6.45, 7) is 4.42. The van der Waals surface area contributed by atoms with Crippen LogP contribution in [0.3, 0.4) is 0 Å². The van der Waals surface area contributed by atoms with Gasteiger partial charge in [0.05, 0.1) is 12.7 Å². The third kappa shape index (κ3) is 4.91. The van der Waals surface area contributed by atoms with Crippen molar-refractivity contribution in [1.82, 2.24) is 9.80 Å². The summed E-state index contributed by atoms with van der Waals surface area (Å²) in [6.07, 6.45) is 0.760.